The zero-order chi connectivity index (χ0) is 20.1. The Hall–Kier alpha value is -2.07. The number of nitrogens with one attached hydrogen (secondary N) is 1. The van der Waals surface area contributed by atoms with Crippen molar-refractivity contribution in [1.29, 1.82) is 0 Å². The lowest BCUT2D eigenvalue weighted by Gasteiger charge is -2.38. The number of carbonyl (C=O) groups is 1. The summed E-state index contributed by atoms with van der Waals surface area (Å²) in [6, 6.07) is 12.0. The van der Waals surface area contributed by atoms with Crippen molar-refractivity contribution < 1.29 is 14.3 Å². The van der Waals surface area contributed by atoms with Crippen LogP contribution in [0.4, 0.5) is 5.69 Å². The molecular formula is C24H33NO3. The van der Waals surface area contributed by atoms with Crippen molar-refractivity contribution in [2.75, 3.05) is 18.5 Å². The molecule has 4 nitrogen and oxygen atoms in total. The molecule has 0 bridgehead atoms. The van der Waals surface area contributed by atoms with Gasteiger partial charge in [-0.3, -0.25) is 4.79 Å². The molecule has 1 amide bonds. The Balaban J connectivity index is 1.89. The number of carbonyl (C=O) groups excluding carboxylic acids is 1. The Bertz CT molecular complexity index is 813. The smallest absolute Gasteiger partial charge is 0.256 e. The predicted octanol–water partition coefficient (Wildman–Crippen LogP) is 5.80. The Labute approximate surface area is 168 Å². The third kappa shape index (κ3) is 4.49. The number of amides is 1. The van der Waals surface area contributed by atoms with Gasteiger partial charge in [-0.1, -0.05) is 51.5 Å². The van der Waals surface area contributed by atoms with Crippen molar-refractivity contribution in [3.8, 4) is 5.75 Å². The molecule has 2 aromatic carbocycles. The van der Waals surface area contributed by atoms with Crippen molar-refractivity contribution in [1.82, 2.24) is 0 Å². The van der Waals surface area contributed by atoms with Crippen molar-refractivity contribution in [3.63, 3.8) is 0 Å². The van der Waals surface area contributed by atoms with Gasteiger partial charge in [0.05, 0.1) is 6.61 Å². The van der Waals surface area contributed by atoms with E-state index in [1.165, 1.54) is 0 Å². The highest BCUT2D eigenvalue weighted by Gasteiger charge is 2.42. The summed E-state index contributed by atoms with van der Waals surface area (Å²) in [7, 11) is 0. The van der Waals surface area contributed by atoms with Gasteiger partial charge in [0.15, 0.2) is 0 Å². The van der Waals surface area contributed by atoms with E-state index in [0.29, 0.717) is 25.0 Å². The second-order valence-electron chi connectivity index (χ2n) is 8.44. The maximum Gasteiger partial charge on any atom is 0.256 e. The maximum atomic E-state index is 13.3. The SMILES string of the molecule is CCOC1(C(=O)Nc2ccc(OCC(C)C)c3ccccc23)CCCC(C)C1. The summed E-state index contributed by atoms with van der Waals surface area (Å²) in [5.74, 6) is 1.78. The van der Waals surface area contributed by atoms with E-state index in [9.17, 15) is 4.79 Å². The fraction of sp³-hybridized carbons (Fsp3) is 0.542. The summed E-state index contributed by atoms with van der Waals surface area (Å²) in [4.78, 5) is 13.3. The van der Waals surface area contributed by atoms with Crippen LogP contribution in [0.2, 0.25) is 0 Å². The molecule has 28 heavy (non-hydrogen) atoms. The molecule has 1 aliphatic carbocycles. The monoisotopic (exact) mass is 383 g/mol. The van der Waals surface area contributed by atoms with Gasteiger partial charge in [-0.2, -0.15) is 0 Å². The van der Waals surface area contributed by atoms with E-state index < -0.39 is 5.60 Å². The summed E-state index contributed by atoms with van der Waals surface area (Å²) < 4.78 is 12.0. The van der Waals surface area contributed by atoms with Crippen molar-refractivity contribution in [3.05, 3.63) is 36.4 Å². The average Bonchev–Trinajstić information content (AvgIpc) is 2.67. The van der Waals surface area contributed by atoms with Gasteiger partial charge in [0.25, 0.3) is 5.91 Å². The molecule has 0 heterocycles. The normalized spacial score (nSPS) is 22.4. The number of benzene rings is 2. The molecule has 0 saturated heterocycles. The van der Waals surface area contributed by atoms with E-state index in [-0.39, 0.29) is 5.91 Å². The molecule has 152 valence electrons. The number of rotatable bonds is 7. The summed E-state index contributed by atoms with van der Waals surface area (Å²) in [5.41, 5.74) is 0.0927. The molecule has 2 aromatic rings. The van der Waals surface area contributed by atoms with Gasteiger partial charge in [0, 0.05) is 23.1 Å². The standard InChI is InChI=1S/C24H33NO3/c1-5-28-24(14-8-9-18(4)15-24)23(26)25-21-12-13-22(27-16-17(2)3)20-11-7-6-10-19(20)21/h6-7,10-13,17-18H,5,8-9,14-16H2,1-4H3,(H,25,26). The number of hydrogen-bond acceptors (Lipinski definition) is 3. The minimum Gasteiger partial charge on any atom is -0.493 e. The van der Waals surface area contributed by atoms with Crippen LogP contribution in [-0.4, -0.2) is 24.7 Å². The summed E-state index contributed by atoms with van der Waals surface area (Å²) >= 11 is 0. The molecule has 2 unspecified atom stereocenters. The quantitative estimate of drug-likeness (QED) is 0.657. The van der Waals surface area contributed by atoms with Gasteiger partial charge in [-0.15, -0.1) is 0 Å². The van der Waals surface area contributed by atoms with Crippen molar-refractivity contribution in [2.24, 2.45) is 11.8 Å². The molecule has 3 rings (SSSR count). The first-order chi connectivity index (χ1) is 13.4. The summed E-state index contributed by atoms with van der Waals surface area (Å²) in [6.45, 7) is 9.65. The lowest BCUT2D eigenvalue weighted by Crippen LogP contribution is -2.48. The first-order valence-electron chi connectivity index (χ1n) is 10.5. The fourth-order valence-corrected chi connectivity index (χ4v) is 4.18. The second-order valence-corrected chi connectivity index (χ2v) is 8.44. The molecular weight excluding hydrogens is 350 g/mol. The Morgan fingerprint density at radius 3 is 2.64 bits per heavy atom. The molecule has 1 fully saturated rings. The molecule has 0 aliphatic heterocycles. The number of fused-ring (bicyclic) bond motifs is 1. The molecule has 4 heteroatoms. The average molecular weight is 384 g/mol. The Kier molecular flexibility index (Phi) is 6.61. The van der Waals surface area contributed by atoms with Gasteiger partial charge >= 0.3 is 0 Å². The third-order valence-corrected chi connectivity index (χ3v) is 5.49. The number of anilines is 1. The lowest BCUT2D eigenvalue weighted by molar-refractivity contribution is -0.147. The maximum absolute atomic E-state index is 13.3. The van der Waals surface area contributed by atoms with Crippen LogP contribution in [0.5, 0.6) is 5.75 Å². The van der Waals surface area contributed by atoms with Crippen LogP contribution in [0.3, 0.4) is 0 Å². The van der Waals surface area contributed by atoms with Crippen LogP contribution in [0, 0.1) is 11.8 Å². The van der Waals surface area contributed by atoms with E-state index in [0.717, 1.165) is 47.9 Å². The van der Waals surface area contributed by atoms with Crippen LogP contribution in [0.25, 0.3) is 10.8 Å². The van der Waals surface area contributed by atoms with E-state index in [1.807, 2.05) is 43.3 Å². The van der Waals surface area contributed by atoms with Crippen molar-refractivity contribution in [2.45, 2.75) is 59.0 Å². The van der Waals surface area contributed by atoms with Gasteiger partial charge < -0.3 is 14.8 Å². The van der Waals surface area contributed by atoms with E-state index >= 15 is 0 Å². The molecule has 1 saturated carbocycles. The van der Waals surface area contributed by atoms with Gasteiger partial charge in [0.1, 0.15) is 11.4 Å². The van der Waals surface area contributed by atoms with Crippen LogP contribution in [-0.2, 0) is 9.53 Å². The zero-order valence-electron chi connectivity index (χ0n) is 17.6. The van der Waals surface area contributed by atoms with E-state index in [1.54, 1.807) is 0 Å². The number of hydrogen-bond donors (Lipinski definition) is 1. The highest BCUT2D eigenvalue weighted by atomic mass is 16.5. The lowest BCUT2D eigenvalue weighted by atomic mass is 9.78. The van der Waals surface area contributed by atoms with E-state index in [2.05, 4.69) is 26.1 Å². The van der Waals surface area contributed by atoms with Crippen LogP contribution >= 0.6 is 0 Å². The first-order valence-corrected chi connectivity index (χ1v) is 10.5. The first kappa shape index (κ1) is 20.7. The molecule has 0 spiro atoms. The van der Waals surface area contributed by atoms with Gasteiger partial charge in [-0.05, 0) is 50.2 Å². The highest BCUT2D eigenvalue weighted by Crippen LogP contribution is 2.38. The largest absolute Gasteiger partial charge is 0.493 e. The predicted molar refractivity (Wildman–Crippen MR) is 115 cm³/mol. The Morgan fingerprint density at radius 2 is 1.96 bits per heavy atom. The van der Waals surface area contributed by atoms with Crippen LogP contribution in [0.1, 0.15) is 53.4 Å². The highest BCUT2D eigenvalue weighted by molar-refractivity contribution is 6.06. The van der Waals surface area contributed by atoms with Gasteiger partial charge in [0.2, 0.25) is 0 Å². The number of ether oxygens (including phenoxy) is 2. The van der Waals surface area contributed by atoms with Crippen LogP contribution in [0.15, 0.2) is 36.4 Å². The molecule has 0 radical (unpaired) electrons. The zero-order valence-corrected chi connectivity index (χ0v) is 17.6. The summed E-state index contributed by atoms with van der Waals surface area (Å²) in [5, 5.41) is 5.18. The van der Waals surface area contributed by atoms with Crippen molar-refractivity contribution >= 4 is 22.4 Å². The third-order valence-electron chi connectivity index (χ3n) is 5.49. The fourth-order valence-electron chi connectivity index (χ4n) is 4.18. The minimum absolute atomic E-state index is 0.0260. The molecule has 2 atom stereocenters. The molecule has 1 N–H and O–H groups in total. The second kappa shape index (κ2) is 8.95. The molecule has 0 aromatic heterocycles. The minimum atomic E-state index is -0.722. The van der Waals surface area contributed by atoms with Gasteiger partial charge in [-0.25, -0.2) is 0 Å². The Morgan fingerprint density at radius 1 is 1.21 bits per heavy atom. The topological polar surface area (TPSA) is 47.6 Å². The van der Waals surface area contributed by atoms with Crippen LogP contribution < -0.4 is 10.1 Å². The molecule has 1 aliphatic rings. The summed E-state index contributed by atoms with van der Waals surface area (Å²) in [6.07, 6.45) is 3.74. The van der Waals surface area contributed by atoms with E-state index in [4.69, 9.17) is 9.47 Å².